The number of halogens is 1. The van der Waals surface area contributed by atoms with Crippen LogP contribution in [0, 0.1) is 5.82 Å². The highest BCUT2D eigenvalue weighted by atomic mass is 19.1. The third kappa shape index (κ3) is 4.14. The van der Waals surface area contributed by atoms with Crippen molar-refractivity contribution in [3.8, 4) is 0 Å². The van der Waals surface area contributed by atoms with E-state index in [4.69, 9.17) is 5.73 Å². The van der Waals surface area contributed by atoms with Gasteiger partial charge in [0.1, 0.15) is 11.9 Å². The van der Waals surface area contributed by atoms with Gasteiger partial charge in [0.05, 0.1) is 6.42 Å². The number of nitrogens with two attached hydrogens (primary N) is 1. The average Bonchev–Trinajstić information content (AvgIpc) is 2.48. The maximum Gasteiger partial charge on any atom is 0.244 e. The second kappa shape index (κ2) is 6.65. The van der Waals surface area contributed by atoms with Gasteiger partial charge in [-0.25, -0.2) is 4.39 Å². The lowest BCUT2D eigenvalue weighted by atomic mass is 10.1. The van der Waals surface area contributed by atoms with E-state index < -0.39 is 11.9 Å². The summed E-state index contributed by atoms with van der Waals surface area (Å²) in [6.07, 6.45) is 0.0525. The molecule has 2 aromatic carbocycles. The minimum Gasteiger partial charge on any atom is -0.368 e. The molecule has 0 aliphatic rings. The van der Waals surface area contributed by atoms with E-state index in [2.05, 4.69) is 5.32 Å². The number of carbonyl (C=O) groups is 2. The Labute approximate surface area is 121 Å². The highest BCUT2D eigenvalue weighted by molar-refractivity contribution is 5.88. The van der Waals surface area contributed by atoms with Crippen molar-refractivity contribution in [2.75, 3.05) is 0 Å². The van der Waals surface area contributed by atoms with E-state index in [1.54, 1.807) is 24.3 Å². The van der Waals surface area contributed by atoms with Crippen LogP contribution >= 0.6 is 0 Å². The summed E-state index contributed by atoms with van der Waals surface area (Å²) in [5.74, 6) is -1.35. The Morgan fingerprint density at radius 3 is 2.24 bits per heavy atom. The van der Waals surface area contributed by atoms with Crippen LogP contribution in [0.3, 0.4) is 0 Å². The number of primary amides is 1. The number of nitrogens with one attached hydrogen (secondary N) is 1. The lowest BCUT2D eigenvalue weighted by Gasteiger charge is -2.15. The van der Waals surface area contributed by atoms with Crippen molar-refractivity contribution in [2.24, 2.45) is 5.73 Å². The molecule has 0 aliphatic carbocycles. The van der Waals surface area contributed by atoms with E-state index >= 15 is 0 Å². The van der Waals surface area contributed by atoms with Crippen LogP contribution in [0.2, 0.25) is 0 Å². The molecule has 2 rings (SSSR count). The van der Waals surface area contributed by atoms with Crippen LogP contribution in [0.25, 0.3) is 0 Å². The quantitative estimate of drug-likeness (QED) is 0.878. The predicted octanol–water partition coefficient (Wildman–Crippen LogP) is 1.71. The van der Waals surface area contributed by atoms with Gasteiger partial charge in [0.15, 0.2) is 0 Å². The van der Waals surface area contributed by atoms with Crippen molar-refractivity contribution < 1.29 is 14.0 Å². The van der Waals surface area contributed by atoms with Crippen LogP contribution in [0.4, 0.5) is 4.39 Å². The Bertz CT molecular complexity index is 626. The fourth-order valence-corrected chi connectivity index (χ4v) is 1.96. The van der Waals surface area contributed by atoms with Crippen LogP contribution < -0.4 is 11.1 Å². The van der Waals surface area contributed by atoms with Gasteiger partial charge in [-0.2, -0.15) is 0 Å². The summed E-state index contributed by atoms with van der Waals surface area (Å²) < 4.78 is 12.8. The maximum atomic E-state index is 12.8. The van der Waals surface area contributed by atoms with Crippen molar-refractivity contribution in [2.45, 2.75) is 12.5 Å². The minimum absolute atomic E-state index is 0.0525. The Balaban J connectivity index is 2.05. The molecule has 0 spiro atoms. The number of hydrogen-bond donors (Lipinski definition) is 2. The molecule has 0 aliphatic heterocycles. The molecule has 0 heterocycles. The zero-order valence-corrected chi connectivity index (χ0v) is 11.3. The molecule has 0 saturated carbocycles. The predicted molar refractivity (Wildman–Crippen MR) is 76.6 cm³/mol. The fraction of sp³-hybridized carbons (Fsp3) is 0.125. The molecule has 2 amide bonds. The topological polar surface area (TPSA) is 72.2 Å². The largest absolute Gasteiger partial charge is 0.368 e. The summed E-state index contributed by atoms with van der Waals surface area (Å²) in [5.41, 5.74) is 6.61. The molecule has 5 heteroatoms. The van der Waals surface area contributed by atoms with Crippen LogP contribution in [0.1, 0.15) is 17.2 Å². The molecule has 0 fully saturated rings. The summed E-state index contributed by atoms with van der Waals surface area (Å²) in [5, 5.41) is 2.59. The van der Waals surface area contributed by atoms with Crippen molar-refractivity contribution >= 4 is 11.8 Å². The third-order valence-electron chi connectivity index (χ3n) is 3.00. The number of rotatable bonds is 5. The molecule has 0 saturated heterocycles. The number of carbonyl (C=O) groups excluding carboxylic acids is 2. The standard InChI is InChI=1S/C16H15FN2O2/c17-13-8-6-11(7-9-13)10-14(20)19-15(16(18)21)12-4-2-1-3-5-12/h1-9,15H,10H2,(H2,18,21)(H,19,20)/t15-/m0/s1. The van der Waals surface area contributed by atoms with E-state index in [9.17, 15) is 14.0 Å². The second-order valence-electron chi connectivity index (χ2n) is 4.62. The Morgan fingerprint density at radius 1 is 1.05 bits per heavy atom. The first kappa shape index (κ1) is 14.7. The molecule has 0 unspecified atom stereocenters. The Kier molecular flexibility index (Phi) is 4.66. The molecular formula is C16H15FN2O2. The van der Waals surface area contributed by atoms with E-state index in [0.29, 0.717) is 11.1 Å². The zero-order valence-electron chi connectivity index (χ0n) is 11.3. The lowest BCUT2D eigenvalue weighted by Crippen LogP contribution is -2.38. The summed E-state index contributed by atoms with van der Waals surface area (Å²) in [4.78, 5) is 23.5. The first-order valence-corrected chi connectivity index (χ1v) is 6.44. The van der Waals surface area contributed by atoms with E-state index in [1.165, 1.54) is 24.3 Å². The van der Waals surface area contributed by atoms with Crippen molar-refractivity contribution in [1.29, 1.82) is 0 Å². The highest BCUT2D eigenvalue weighted by Crippen LogP contribution is 2.12. The van der Waals surface area contributed by atoms with Gasteiger partial charge in [-0.05, 0) is 23.3 Å². The molecule has 1 atom stereocenters. The average molecular weight is 286 g/mol. The molecule has 21 heavy (non-hydrogen) atoms. The monoisotopic (exact) mass is 286 g/mol. The van der Waals surface area contributed by atoms with Gasteiger partial charge in [0.25, 0.3) is 0 Å². The normalized spacial score (nSPS) is 11.7. The van der Waals surface area contributed by atoms with Gasteiger partial charge < -0.3 is 11.1 Å². The van der Waals surface area contributed by atoms with Crippen LogP contribution in [0.15, 0.2) is 54.6 Å². The molecular weight excluding hydrogens is 271 g/mol. The molecule has 0 bridgehead atoms. The molecule has 0 aromatic heterocycles. The van der Waals surface area contributed by atoms with E-state index in [-0.39, 0.29) is 18.1 Å². The van der Waals surface area contributed by atoms with E-state index in [1.807, 2.05) is 6.07 Å². The number of hydrogen-bond acceptors (Lipinski definition) is 2. The molecule has 4 nitrogen and oxygen atoms in total. The molecule has 0 radical (unpaired) electrons. The van der Waals surface area contributed by atoms with Crippen molar-refractivity contribution in [3.63, 3.8) is 0 Å². The van der Waals surface area contributed by atoms with E-state index in [0.717, 1.165) is 0 Å². The molecule has 3 N–H and O–H groups in total. The van der Waals surface area contributed by atoms with Gasteiger partial charge in [0, 0.05) is 0 Å². The minimum atomic E-state index is -0.876. The Morgan fingerprint density at radius 2 is 1.67 bits per heavy atom. The second-order valence-corrected chi connectivity index (χ2v) is 4.62. The number of benzene rings is 2. The first-order chi connectivity index (χ1) is 10.1. The molecule has 2 aromatic rings. The summed E-state index contributed by atoms with van der Waals surface area (Å²) in [6, 6.07) is 13.5. The third-order valence-corrected chi connectivity index (χ3v) is 3.00. The lowest BCUT2D eigenvalue weighted by molar-refractivity contribution is -0.127. The number of amides is 2. The summed E-state index contributed by atoms with van der Waals surface area (Å²) in [7, 11) is 0. The van der Waals surface area contributed by atoms with Crippen LogP contribution in [-0.4, -0.2) is 11.8 Å². The van der Waals surface area contributed by atoms with Crippen molar-refractivity contribution in [3.05, 3.63) is 71.5 Å². The van der Waals surface area contributed by atoms with Gasteiger partial charge >= 0.3 is 0 Å². The SMILES string of the molecule is NC(=O)[C@@H](NC(=O)Cc1ccc(F)cc1)c1ccccc1. The fourth-order valence-electron chi connectivity index (χ4n) is 1.96. The Hall–Kier alpha value is -2.69. The first-order valence-electron chi connectivity index (χ1n) is 6.44. The van der Waals surface area contributed by atoms with Gasteiger partial charge in [-0.15, -0.1) is 0 Å². The van der Waals surface area contributed by atoms with Gasteiger partial charge in [-0.1, -0.05) is 42.5 Å². The smallest absolute Gasteiger partial charge is 0.244 e. The van der Waals surface area contributed by atoms with Gasteiger partial charge in [0.2, 0.25) is 11.8 Å². The summed E-state index contributed by atoms with van der Waals surface area (Å²) in [6.45, 7) is 0. The van der Waals surface area contributed by atoms with Crippen molar-refractivity contribution in [1.82, 2.24) is 5.32 Å². The van der Waals surface area contributed by atoms with Gasteiger partial charge in [-0.3, -0.25) is 9.59 Å². The van der Waals surface area contributed by atoms with Crippen LogP contribution in [-0.2, 0) is 16.0 Å². The molecule has 108 valence electrons. The maximum absolute atomic E-state index is 12.8. The summed E-state index contributed by atoms with van der Waals surface area (Å²) >= 11 is 0. The zero-order chi connectivity index (χ0) is 15.2. The van der Waals surface area contributed by atoms with Crippen LogP contribution in [0.5, 0.6) is 0 Å². The highest BCUT2D eigenvalue weighted by Gasteiger charge is 2.19.